The number of rotatable bonds is 6. The number of nitrogens with one attached hydrogen (secondary N) is 1. The second kappa shape index (κ2) is 7.38. The molecule has 0 radical (unpaired) electrons. The molecule has 5 nitrogen and oxygen atoms in total. The van der Waals surface area contributed by atoms with Gasteiger partial charge in [-0.2, -0.15) is 0 Å². The van der Waals surface area contributed by atoms with Crippen LogP contribution in [0.1, 0.15) is 45.4 Å². The summed E-state index contributed by atoms with van der Waals surface area (Å²) in [4.78, 5) is 12.9. The summed E-state index contributed by atoms with van der Waals surface area (Å²) in [7, 11) is 0. The number of carbonyl (C=O) groups is 1. The van der Waals surface area contributed by atoms with Crippen molar-refractivity contribution in [2.75, 3.05) is 19.6 Å². The third-order valence-electron chi connectivity index (χ3n) is 4.71. The van der Waals surface area contributed by atoms with Crippen molar-refractivity contribution >= 4 is 5.97 Å². The predicted molar refractivity (Wildman–Crippen MR) is 77.7 cm³/mol. The Morgan fingerprint density at radius 2 is 2.00 bits per heavy atom. The number of carboxylic acid groups (broad SMARTS) is 1. The third-order valence-corrected chi connectivity index (χ3v) is 4.71. The molecule has 0 spiro atoms. The molecule has 2 fully saturated rings. The van der Waals surface area contributed by atoms with E-state index in [1.165, 1.54) is 25.7 Å². The molecule has 1 saturated carbocycles. The molecule has 0 bridgehead atoms. The highest BCUT2D eigenvalue weighted by molar-refractivity contribution is 5.69. The lowest BCUT2D eigenvalue weighted by molar-refractivity contribution is -0.139. The van der Waals surface area contributed by atoms with E-state index in [2.05, 4.69) is 5.32 Å². The quantitative estimate of drug-likeness (QED) is 0.680. The van der Waals surface area contributed by atoms with Gasteiger partial charge in [0.2, 0.25) is 0 Å². The van der Waals surface area contributed by atoms with Crippen molar-refractivity contribution in [2.24, 2.45) is 5.92 Å². The van der Waals surface area contributed by atoms with Crippen LogP contribution in [-0.2, 0) is 4.79 Å². The lowest BCUT2D eigenvalue weighted by atomic mass is 9.88. The predicted octanol–water partition coefficient (Wildman–Crippen LogP) is 1.06. The number of likely N-dealkylation sites (tertiary alicyclic amines) is 1. The van der Waals surface area contributed by atoms with Crippen molar-refractivity contribution in [3.05, 3.63) is 0 Å². The van der Waals surface area contributed by atoms with Crippen molar-refractivity contribution in [2.45, 2.75) is 63.6 Å². The Labute approximate surface area is 121 Å². The van der Waals surface area contributed by atoms with E-state index in [0.717, 1.165) is 19.4 Å². The minimum atomic E-state index is -0.781. The van der Waals surface area contributed by atoms with Crippen LogP contribution in [0.5, 0.6) is 0 Å². The van der Waals surface area contributed by atoms with Crippen LogP contribution >= 0.6 is 0 Å². The summed E-state index contributed by atoms with van der Waals surface area (Å²) >= 11 is 0. The third kappa shape index (κ3) is 4.43. The van der Waals surface area contributed by atoms with Gasteiger partial charge in [-0.1, -0.05) is 19.8 Å². The summed E-state index contributed by atoms with van der Waals surface area (Å²) in [5.41, 5.74) is 0. The largest absolute Gasteiger partial charge is 0.480 e. The van der Waals surface area contributed by atoms with Crippen LogP contribution in [0.2, 0.25) is 0 Å². The Morgan fingerprint density at radius 1 is 1.30 bits per heavy atom. The summed E-state index contributed by atoms with van der Waals surface area (Å²) < 4.78 is 0. The molecule has 1 saturated heterocycles. The van der Waals surface area contributed by atoms with Gasteiger partial charge in [-0.05, 0) is 31.6 Å². The van der Waals surface area contributed by atoms with Crippen LogP contribution in [0.3, 0.4) is 0 Å². The smallest absolute Gasteiger partial charge is 0.317 e. The first-order valence-electron chi connectivity index (χ1n) is 7.96. The van der Waals surface area contributed by atoms with E-state index >= 15 is 0 Å². The second-order valence-corrected chi connectivity index (χ2v) is 6.40. The second-order valence-electron chi connectivity index (χ2n) is 6.40. The van der Waals surface area contributed by atoms with Crippen LogP contribution in [0, 0.1) is 5.92 Å². The van der Waals surface area contributed by atoms with E-state index in [1.54, 1.807) is 0 Å². The highest BCUT2D eigenvalue weighted by Gasteiger charge is 2.32. The minimum Gasteiger partial charge on any atom is -0.480 e. The number of carboxylic acids is 1. The van der Waals surface area contributed by atoms with Gasteiger partial charge in [0.05, 0.1) is 12.6 Å². The van der Waals surface area contributed by atoms with Gasteiger partial charge >= 0.3 is 5.97 Å². The Hall–Kier alpha value is -0.650. The SMILES string of the molecule is CCC(O)C1CC(NC2CCCC2)CN(CC(=O)O)C1. The summed E-state index contributed by atoms with van der Waals surface area (Å²) in [6.07, 6.45) is 6.43. The molecule has 0 aromatic carbocycles. The molecule has 1 aliphatic carbocycles. The van der Waals surface area contributed by atoms with Gasteiger partial charge in [-0.3, -0.25) is 9.69 Å². The minimum absolute atomic E-state index is 0.0791. The first kappa shape index (κ1) is 15.7. The molecule has 3 unspecified atom stereocenters. The Bertz CT molecular complexity index is 318. The van der Waals surface area contributed by atoms with Crippen molar-refractivity contribution < 1.29 is 15.0 Å². The first-order valence-corrected chi connectivity index (χ1v) is 7.96. The van der Waals surface area contributed by atoms with Crippen molar-refractivity contribution in [1.82, 2.24) is 10.2 Å². The van der Waals surface area contributed by atoms with E-state index in [1.807, 2.05) is 11.8 Å². The number of nitrogens with zero attached hydrogens (tertiary/aromatic N) is 1. The maximum atomic E-state index is 10.9. The highest BCUT2D eigenvalue weighted by atomic mass is 16.4. The van der Waals surface area contributed by atoms with Crippen molar-refractivity contribution in [1.29, 1.82) is 0 Å². The van der Waals surface area contributed by atoms with Gasteiger partial charge in [0.15, 0.2) is 0 Å². The van der Waals surface area contributed by atoms with Gasteiger partial charge in [-0.25, -0.2) is 0 Å². The topological polar surface area (TPSA) is 72.8 Å². The lowest BCUT2D eigenvalue weighted by Gasteiger charge is -2.40. The molecule has 3 atom stereocenters. The molecule has 2 rings (SSSR count). The average molecular weight is 284 g/mol. The fourth-order valence-electron chi connectivity index (χ4n) is 3.71. The zero-order valence-corrected chi connectivity index (χ0v) is 12.4. The molecular formula is C15H28N2O3. The van der Waals surface area contributed by atoms with Gasteiger partial charge in [0.25, 0.3) is 0 Å². The van der Waals surface area contributed by atoms with Gasteiger partial charge in [-0.15, -0.1) is 0 Å². The number of aliphatic hydroxyl groups is 1. The molecular weight excluding hydrogens is 256 g/mol. The Kier molecular flexibility index (Phi) is 5.81. The summed E-state index contributed by atoms with van der Waals surface area (Å²) in [6.45, 7) is 3.55. The first-order chi connectivity index (χ1) is 9.58. The maximum absolute atomic E-state index is 10.9. The zero-order chi connectivity index (χ0) is 14.5. The van der Waals surface area contributed by atoms with Crippen LogP contribution < -0.4 is 5.32 Å². The zero-order valence-electron chi connectivity index (χ0n) is 12.4. The molecule has 20 heavy (non-hydrogen) atoms. The molecule has 2 aliphatic rings. The number of hydrogen-bond acceptors (Lipinski definition) is 4. The summed E-state index contributed by atoms with van der Waals surface area (Å²) in [5, 5.41) is 22.8. The van der Waals surface area contributed by atoms with E-state index in [9.17, 15) is 9.90 Å². The standard InChI is InChI=1S/C15H28N2O3/c1-2-14(18)11-7-13(16-12-5-3-4-6-12)9-17(8-11)10-15(19)20/h11-14,16,18H,2-10H2,1H3,(H,19,20). The number of aliphatic hydroxyl groups excluding tert-OH is 1. The normalized spacial score (nSPS) is 30.5. The van der Waals surface area contributed by atoms with Crippen LogP contribution in [0.15, 0.2) is 0 Å². The molecule has 1 aliphatic heterocycles. The Morgan fingerprint density at radius 3 is 2.60 bits per heavy atom. The summed E-state index contributed by atoms with van der Waals surface area (Å²) in [5.74, 6) is -0.594. The lowest BCUT2D eigenvalue weighted by Crippen LogP contribution is -2.54. The average Bonchev–Trinajstić information content (AvgIpc) is 2.89. The maximum Gasteiger partial charge on any atom is 0.317 e. The van der Waals surface area contributed by atoms with E-state index < -0.39 is 5.97 Å². The number of piperidine rings is 1. The fourth-order valence-corrected chi connectivity index (χ4v) is 3.71. The van der Waals surface area contributed by atoms with Crippen LogP contribution in [-0.4, -0.2) is 58.9 Å². The van der Waals surface area contributed by atoms with E-state index in [4.69, 9.17) is 5.11 Å². The molecule has 0 aromatic heterocycles. The molecule has 0 aromatic rings. The Balaban J connectivity index is 1.93. The van der Waals surface area contributed by atoms with Gasteiger partial charge < -0.3 is 15.5 Å². The van der Waals surface area contributed by atoms with E-state index in [0.29, 0.717) is 18.6 Å². The summed E-state index contributed by atoms with van der Waals surface area (Å²) in [6, 6.07) is 0.904. The van der Waals surface area contributed by atoms with E-state index in [-0.39, 0.29) is 18.6 Å². The molecule has 5 heteroatoms. The van der Waals surface area contributed by atoms with Crippen molar-refractivity contribution in [3.63, 3.8) is 0 Å². The fraction of sp³-hybridized carbons (Fsp3) is 0.933. The van der Waals surface area contributed by atoms with Crippen molar-refractivity contribution in [3.8, 4) is 0 Å². The molecule has 1 heterocycles. The number of aliphatic carboxylic acids is 1. The number of hydrogen-bond donors (Lipinski definition) is 3. The molecule has 0 amide bonds. The molecule has 3 N–H and O–H groups in total. The van der Waals surface area contributed by atoms with Crippen LogP contribution in [0.25, 0.3) is 0 Å². The highest BCUT2D eigenvalue weighted by Crippen LogP contribution is 2.24. The molecule has 116 valence electrons. The van der Waals surface area contributed by atoms with Gasteiger partial charge in [0, 0.05) is 25.2 Å². The monoisotopic (exact) mass is 284 g/mol. The van der Waals surface area contributed by atoms with Crippen LogP contribution in [0.4, 0.5) is 0 Å². The van der Waals surface area contributed by atoms with Gasteiger partial charge in [0.1, 0.15) is 0 Å².